The summed E-state index contributed by atoms with van der Waals surface area (Å²) in [4.78, 5) is 42.8. The third-order valence-corrected chi connectivity index (χ3v) is 7.02. The molecule has 0 aliphatic carbocycles. The number of aryl methyl sites for hydroxylation is 1. The lowest BCUT2D eigenvalue weighted by Gasteiger charge is -2.33. The molecule has 0 radical (unpaired) electrons. The molecule has 9 nitrogen and oxygen atoms in total. The molecular formula is C29H40N4O5. The number of nitrogens with one attached hydrogen (secondary N) is 1. The molecule has 2 aromatic rings. The maximum absolute atomic E-state index is 12.9. The average Bonchev–Trinajstić information content (AvgIpc) is 2.90. The van der Waals surface area contributed by atoms with Crippen molar-refractivity contribution in [1.82, 2.24) is 4.90 Å². The highest BCUT2D eigenvalue weighted by molar-refractivity contribution is 6.03. The van der Waals surface area contributed by atoms with Crippen molar-refractivity contribution in [3.8, 4) is 5.75 Å². The lowest BCUT2D eigenvalue weighted by Crippen LogP contribution is -2.41. The van der Waals surface area contributed by atoms with Crippen molar-refractivity contribution in [1.29, 1.82) is 0 Å². The molecule has 206 valence electrons. The minimum Gasteiger partial charge on any atom is -0.494 e. The fourth-order valence-corrected chi connectivity index (χ4v) is 4.71. The quantitative estimate of drug-likeness (QED) is 0.454. The van der Waals surface area contributed by atoms with Gasteiger partial charge in [0, 0.05) is 50.9 Å². The van der Waals surface area contributed by atoms with Crippen LogP contribution in [-0.4, -0.2) is 69.8 Å². The summed E-state index contributed by atoms with van der Waals surface area (Å²) in [7, 11) is 3.23. The van der Waals surface area contributed by atoms with Crippen molar-refractivity contribution in [3.05, 3.63) is 48.0 Å². The zero-order valence-electron chi connectivity index (χ0n) is 23.2. The molecule has 0 atom stereocenters. The van der Waals surface area contributed by atoms with Gasteiger partial charge in [-0.05, 0) is 69.5 Å². The van der Waals surface area contributed by atoms with Crippen LogP contribution in [0.1, 0.15) is 38.7 Å². The Labute approximate surface area is 225 Å². The first-order valence-electron chi connectivity index (χ1n) is 13.2. The molecule has 1 fully saturated rings. The van der Waals surface area contributed by atoms with E-state index in [-0.39, 0.29) is 17.9 Å². The molecule has 0 spiro atoms. The molecule has 0 unspecified atom stereocenters. The molecule has 0 bridgehead atoms. The summed E-state index contributed by atoms with van der Waals surface area (Å²) in [6.45, 7) is 8.77. The molecule has 0 aromatic heterocycles. The van der Waals surface area contributed by atoms with Crippen molar-refractivity contribution >= 4 is 35.0 Å². The minimum atomic E-state index is -0.292. The lowest BCUT2D eigenvalue weighted by atomic mass is 9.93. The number of nitrogens with zero attached hydrogens (tertiary/aromatic N) is 3. The van der Waals surface area contributed by atoms with E-state index in [1.807, 2.05) is 44.2 Å². The number of hydrogen-bond acceptors (Lipinski definition) is 6. The van der Waals surface area contributed by atoms with Crippen molar-refractivity contribution < 1.29 is 23.9 Å². The average molecular weight is 525 g/mol. The minimum absolute atomic E-state index is 0.0670. The van der Waals surface area contributed by atoms with Gasteiger partial charge in [-0.15, -0.1) is 0 Å². The van der Waals surface area contributed by atoms with Gasteiger partial charge >= 0.3 is 12.0 Å². The summed E-state index contributed by atoms with van der Waals surface area (Å²) < 4.78 is 10.7. The molecule has 38 heavy (non-hydrogen) atoms. The molecule has 1 aliphatic rings. The van der Waals surface area contributed by atoms with E-state index in [1.165, 1.54) is 4.90 Å². The monoisotopic (exact) mass is 524 g/mol. The Hall–Kier alpha value is -3.59. The zero-order valence-corrected chi connectivity index (χ0v) is 23.2. The Balaban J connectivity index is 1.62. The van der Waals surface area contributed by atoms with Gasteiger partial charge in [-0.2, -0.15) is 0 Å². The summed E-state index contributed by atoms with van der Waals surface area (Å²) in [6.07, 6.45) is 2.36. The first-order valence-corrected chi connectivity index (χ1v) is 13.2. The number of benzene rings is 2. The number of piperidine rings is 1. The van der Waals surface area contributed by atoms with Crippen molar-refractivity contribution in [2.24, 2.45) is 5.92 Å². The van der Waals surface area contributed by atoms with Crippen LogP contribution >= 0.6 is 0 Å². The van der Waals surface area contributed by atoms with Crippen LogP contribution in [-0.2, 0) is 14.3 Å². The summed E-state index contributed by atoms with van der Waals surface area (Å²) in [6, 6.07) is 12.7. The highest BCUT2D eigenvalue weighted by Crippen LogP contribution is 2.33. The zero-order chi connectivity index (χ0) is 27.7. The van der Waals surface area contributed by atoms with Gasteiger partial charge in [-0.3, -0.25) is 14.5 Å². The smallest absolute Gasteiger partial charge is 0.326 e. The van der Waals surface area contributed by atoms with E-state index < -0.39 is 0 Å². The van der Waals surface area contributed by atoms with E-state index in [0.29, 0.717) is 42.6 Å². The van der Waals surface area contributed by atoms with Crippen LogP contribution in [0, 0.1) is 12.8 Å². The normalized spacial score (nSPS) is 14.0. The van der Waals surface area contributed by atoms with Gasteiger partial charge in [-0.25, -0.2) is 4.79 Å². The van der Waals surface area contributed by atoms with Crippen LogP contribution in [0.5, 0.6) is 5.75 Å². The van der Waals surface area contributed by atoms with Crippen LogP contribution < -0.4 is 19.9 Å². The van der Waals surface area contributed by atoms with Gasteiger partial charge < -0.3 is 24.6 Å². The van der Waals surface area contributed by atoms with Crippen LogP contribution in [0.3, 0.4) is 0 Å². The van der Waals surface area contributed by atoms with Crippen molar-refractivity contribution in [2.45, 2.75) is 40.0 Å². The summed E-state index contributed by atoms with van der Waals surface area (Å²) in [5.74, 6) is 0.661. The predicted octanol–water partition coefficient (Wildman–Crippen LogP) is 4.69. The van der Waals surface area contributed by atoms with Gasteiger partial charge in [-0.1, -0.05) is 18.2 Å². The second kappa shape index (κ2) is 13.8. The number of methoxy groups -OCH3 is 1. The van der Waals surface area contributed by atoms with E-state index in [0.717, 1.165) is 43.7 Å². The van der Waals surface area contributed by atoms with Crippen LogP contribution in [0.15, 0.2) is 42.5 Å². The van der Waals surface area contributed by atoms with Crippen LogP contribution in [0.25, 0.3) is 0 Å². The number of ether oxygens (including phenoxy) is 2. The summed E-state index contributed by atoms with van der Waals surface area (Å²) >= 11 is 0. The second-order valence-electron chi connectivity index (χ2n) is 9.63. The third kappa shape index (κ3) is 7.71. The van der Waals surface area contributed by atoms with Gasteiger partial charge in [0.15, 0.2) is 0 Å². The highest BCUT2D eigenvalue weighted by atomic mass is 16.5. The van der Waals surface area contributed by atoms with Gasteiger partial charge in [0.25, 0.3) is 0 Å². The second-order valence-corrected chi connectivity index (χ2v) is 9.63. The number of anilines is 3. The van der Waals surface area contributed by atoms with E-state index >= 15 is 0 Å². The number of carbonyl (C=O) groups excluding carboxylic acids is 3. The Kier molecular flexibility index (Phi) is 10.5. The Morgan fingerprint density at radius 3 is 2.45 bits per heavy atom. The summed E-state index contributed by atoms with van der Waals surface area (Å²) in [5, 5.41) is 2.93. The fraction of sp³-hybridized carbons (Fsp3) is 0.483. The maximum Gasteiger partial charge on any atom is 0.326 e. The number of amides is 3. The van der Waals surface area contributed by atoms with E-state index in [4.69, 9.17) is 9.47 Å². The third-order valence-electron chi connectivity index (χ3n) is 7.02. The highest BCUT2D eigenvalue weighted by Gasteiger charge is 2.24. The first-order chi connectivity index (χ1) is 18.2. The molecule has 1 heterocycles. The number of urea groups is 1. The summed E-state index contributed by atoms with van der Waals surface area (Å²) in [5.41, 5.74) is 3.02. The largest absolute Gasteiger partial charge is 0.494 e. The topological polar surface area (TPSA) is 91.4 Å². The van der Waals surface area contributed by atoms with Gasteiger partial charge in [0.2, 0.25) is 5.91 Å². The molecule has 1 N–H and O–H groups in total. The van der Waals surface area contributed by atoms with E-state index in [2.05, 4.69) is 10.2 Å². The molecule has 9 heteroatoms. The molecule has 3 amide bonds. The lowest BCUT2D eigenvalue weighted by molar-refractivity contribution is -0.144. The predicted molar refractivity (Wildman–Crippen MR) is 150 cm³/mol. The number of likely N-dealkylation sites (tertiary alicyclic amines) is 1. The fourth-order valence-electron chi connectivity index (χ4n) is 4.71. The SMILES string of the molecule is CCOC(=O)CC1CCN(CCN(C(C)=O)c2ccc(N(C)C(=O)Nc3ccccc3C)c(OC)c2)CC1. The Morgan fingerprint density at radius 1 is 1.11 bits per heavy atom. The number of rotatable bonds is 10. The number of para-hydroxylation sites is 1. The number of esters is 1. The molecule has 3 rings (SSSR count). The van der Waals surface area contributed by atoms with Crippen LogP contribution in [0.2, 0.25) is 0 Å². The van der Waals surface area contributed by atoms with Crippen molar-refractivity contribution in [3.63, 3.8) is 0 Å². The molecule has 2 aromatic carbocycles. The maximum atomic E-state index is 12.9. The molecule has 1 aliphatic heterocycles. The van der Waals surface area contributed by atoms with E-state index in [1.54, 1.807) is 38.1 Å². The van der Waals surface area contributed by atoms with Crippen LogP contribution in [0.4, 0.5) is 21.9 Å². The number of hydrogen-bond donors (Lipinski definition) is 1. The van der Waals surface area contributed by atoms with Crippen molar-refractivity contribution in [2.75, 3.05) is 62.1 Å². The first kappa shape index (κ1) is 29.0. The standard InChI is InChI=1S/C29H40N4O5/c1-6-38-28(35)19-23-13-15-32(16-14-23)17-18-33(22(3)34)24-11-12-26(27(20-24)37-5)31(4)29(36)30-25-10-8-7-9-21(25)2/h7-12,20,23H,6,13-19H2,1-5H3,(H,30,36). The van der Waals surface area contributed by atoms with Gasteiger partial charge in [0.1, 0.15) is 5.75 Å². The Bertz CT molecular complexity index is 1110. The molecule has 1 saturated heterocycles. The van der Waals surface area contributed by atoms with E-state index in [9.17, 15) is 14.4 Å². The Morgan fingerprint density at radius 2 is 1.82 bits per heavy atom. The molecular weight excluding hydrogens is 484 g/mol. The van der Waals surface area contributed by atoms with Gasteiger partial charge in [0.05, 0.1) is 19.4 Å². The molecule has 0 saturated carbocycles. The number of carbonyl (C=O) groups is 3.